The van der Waals surface area contributed by atoms with E-state index < -0.39 is 0 Å². The molecule has 0 aliphatic heterocycles. The minimum absolute atomic E-state index is 0.436. The van der Waals surface area contributed by atoms with Crippen molar-refractivity contribution in [2.45, 2.75) is 39.2 Å². The van der Waals surface area contributed by atoms with E-state index in [1.165, 1.54) is 15.6 Å². The van der Waals surface area contributed by atoms with E-state index in [4.69, 9.17) is 0 Å². The lowest BCUT2D eigenvalue weighted by Crippen LogP contribution is -2.22. The van der Waals surface area contributed by atoms with Gasteiger partial charge in [0.15, 0.2) is 0 Å². The molecule has 17 heavy (non-hydrogen) atoms. The predicted molar refractivity (Wildman–Crippen MR) is 79.3 cm³/mol. The molecule has 1 unspecified atom stereocenters. The van der Waals surface area contributed by atoms with Gasteiger partial charge in [0, 0.05) is 10.5 Å². The fraction of sp³-hybridized carbons (Fsp3) is 0.467. The number of rotatable bonds is 7. The minimum atomic E-state index is 0.436. The van der Waals surface area contributed by atoms with E-state index in [0.717, 1.165) is 25.8 Å². The molecule has 0 heterocycles. The molecule has 0 fully saturated rings. The van der Waals surface area contributed by atoms with Crippen molar-refractivity contribution < 1.29 is 0 Å². The normalized spacial score (nSPS) is 12.4. The van der Waals surface area contributed by atoms with Crippen molar-refractivity contribution >= 4 is 15.9 Å². The lowest BCUT2D eigenvalue weighted by molar-refractivity contribution is 0.501. The monoisotopic (exact) mass is 295 g/mol. The van der Waals surface area contributed by atoms with Gasteiger partial charge in [0.1, 0.15) is 0 Å². The minimum Gasteiger partial charge on any atom is -0.310 e. The number of hydrogen-bond acceptors (Lipinski definition) is 1. The van der Waals surface area contributed by atoms with Gasteiger partial charge in [-0.1, -0.05) is 41.1 Å². The van der Waals surface area contributed by atoms with Crippen LogP contribution in [0.5, 0.6) is 0 Å². The molecule has 0 bridgehead atoms. The van der Waals surface area contributed by atoms with Gasteiger partial charge in [0.05, 0.1) is 0 Å². The molecule has 1 nitrogen and oxygen atoms in total. The number of halogens is 1. The smallest absolute Gasteiger partial charge is 0.0326 e. The molecule has 1 aromatic carbocycles. The number of benzene rings is 1. The summed E-state index contributed by atoms with van der Waals surface area (Å²) in [5.41, 5.74) is 2.74. The highest BCUT2D eigenvalue weighted by Gasteiger charge is 2.13. The highest BCUT2D eigenvalue weighted by molar-refractivity contribution is 9.10. The maximum absolute atomic E-state index is 3.81. The van der Waals surface area contributed by atoms with Gasteiger partial charge in [-0.15, -0.1) is 6.58 Å². The van der Waals surface area contributed by atoms with Crippen LogP contribution >= 0.6 is 15.9 Å². The molecule has 1 N–H and O–H groups in total. The van der Waals surface area contributed by atoms with Crippen LogP contribution in [0, 0.1) is 6.92 Å². The van der Waals surface area contributed by atoms with Crippen LogP contribution in [0.4, 0.5) is 0 Å². The zero-order chi connectivity index (χ0) is 12.7. The van der Waals surface area contributed by atoms with Crippen LogP contribution in [0.1, 0.15) is 43.4 Å². The first-order valence-electron chi connectivity index (χ1n) is 6.30. The number of hydrogen-bond donors (Lipinski definition) is 1. The number of allylic oxidation sites excluding steroid dienone is 1. The Morgan fingerprint density at radius 1 is 1.47 bits per heavy atom. The lowest BCUT2D eigenvalue weighted by Gasteiger charge is -2.21. The van der Waals surface area contributed by atoms with E-state index in [9.17, 15) is 0 Å². The van der Waals surface area contributed by atoms with Crippen molar-refractivity contribution in [3.05, 3.63) is 46.5 Å². The SMILES string of the molecule is C=CCCC(NCCC)c1cccc(Br)c1C. The second-order valence-corrected chi connectivity index (χ2v) is 5.18. The molecule has 94 valence electrons. The summed E-state index contributed by atoms with van der Waals surface area (Å²) >= 11 is 3.60. The fourth-order valence-corrected chi connectivity index (χ4v) is 2.35. The van der Waals surface area contributed by atoms with E-state index in [1.807, 2.05) is 6.08 Å². The Labute approximate surface area is 113 Å². The molecule has 0 amide bonds. The van der Waals surface area contributed by atoms with Crippen LogP contribution in [0.15, 0.2) is 35.3 Å². The fourth-order valence-electron chi connectivity index (χ4n) is 1.97. The quantitative estimate of drug-likeness (QED) is 0.715. The van der Waals surface area contributed by atoms with Gasteiger partial charge in [-0.2, -0.15) is 0 Å². The van der Waals surface area contributed by atoms with Gasteiger partial charge >= 0.3 is 0 Å². The largest absolute Gasteiger partial charge is 0.310 e. The molecular weight excluding hydrogens is 274 g/mol. The van der Waals surface area contributed by atoms with E-state index in [2.05, 4.69) is 59.9 Å². The average Bonchev–Trinajstić information content (AvgIpc) is 2.34. The van der Waals surface area contributed by atoms with Crippen molar-refractivity contribution in [1.29, 1.82) is 0 Å². The summed E-state index contributed by atoms with van der Waals surface area (Å²) in [6.45, 7) is 9.25. The van der Waals surface area contributed by atoms with Gasteiger partial charge < -0.3 is 5.32 Å². The molecular formula is C15H22BrN. The Balaban J connectivity index is 2.86. The summed E-state index contributed by atoms with van der Waals surface area (Å²) < 4.78 is 1.19. The zero-order valence-electron chi connectivity index (χ0n) is 10.8. The van der Waals surface area contributed by atoms with E-state index in [0.29, 0.717) is 6.04 Å². The average molecular weight is 296 g/mol. The Kier molecular flexibility index (Phi) is 6.53. The molecule has 0 aliphatic carbocycles. The van der Waals surface area contributed by atoms with Crippen molar-refractivity contribution in [2.24, 2.45) is 0 Å². The summed E-state index contributed by atoms with van der Waals surface area (Å²) in [7, 11) is 0. The second-order valence-electron chi connectivity index (χ2n) is 4.33. The summed E-state index contributed by atoms with van der Waals surface area (Å²) in [5.74, 6) is 0. The highest BCUT2D eigenvalue weighted by atomic mass is 79.9. The summed E-state index contributed by atoms with van der Waals surface area (Å²) in [6, 6.07) is 6.87. The summed E-state index contributed by atoms with van der Waals surface area (Å²) in [6.07, 6.45) is 5.32. The van der Waals surface area contributed by atoms with E-state index in [-0.39, 0.29) is 0 Å². The molecule has 0 spiro atoms. The Morgan fingerprint density at radius 3 is 2.88 bits per heavy atom. The molecule has 0 radical (unpaired) electrons. The third-order valence-electron chi connectivity index (χ3n) is 2.99. The van der Waals surface area contributed by atoms with Crippen molar-refractivity contribution in [1.82, 2.24) is 5.32 Å². The van der Waals surface area contributed by atoms with Gasteiger partial charge in [-0.05, 0) is 49.9 Å². The topological polar surface area (TPSA) is 12.0 Å². The van der Waals surface area contributed by atoms with Gasteiger partial charge in [-0.3, -0.25) is 0 Å². The third-order valence-corrected chi connectivity index (χ3v) is 3.84. The second kappa shape index (κ2) is 7.67. The van der Waals surface area contributed by atoms with Crippen molar-refractivity contribution in [3.8, 4) is 0 Å². The van der Waals surface area contributed by atoms with Crippen LogP contribution in [0.25, 0.3) is 0 Å². The van der Waals surface area contributed by atoms with Crippen LogP contribution in [0.3, 0.4) is 0 Å². The maximum Gasteiger partial charge on any atom is 0.0326 e. The molecule has 0 saturated carbocycles. The molecule has 1 rings (SSSR count). The lowest BCUT2D eigenvalue weighted by atomic mass is 9.97. The predicted octanol–water partition coefficient (Wildman–Crippen LogP) is 4.76. The van der Waals surface area contributed by atoms with Gasteiger partial charge in [-0.25, -0.2) is 0 Å². The molecule has 1 atom stereocenters. The van der Waals surface area contributed by atoms with Crippen molar-refractivity contribution in [3.63, 3.8) is 0 Å². The standard InChI is InChI=1S/C15H22BrN/c1-4-6-10-15(17-11-5-2)13-8-7-9-14(16)12(13)3/h4,7-9,15,17H,1,5-6,10-11H2,2-3H3. The molecule has 2 heteroatoms. The van der Waals surface area contributed by atoms with Crippen LogP contribution < -0.4 is 5.32 Å². The Morgan fingerprint density at radius 2 is 2.24 bits per heavy atom. The van der Waals surface area contributed by atoms with Crippen LogP contribution in [0.2, 0.25) is 0 Å². The first kappa shape index (κ1) is 14.5. The molecule has 0 aliphatic rings. The van der Waals surface area contributed by atoms with Crippen molar-refractivity contribution in [2.75, 3.05) is 6.54 Å². The Hall–Kier alpha value is -0.600. The zero-order valence-corrected chi connectivity index (χ0v) is 12.4. The molecule has 1 aromatic rings. The molecule has 0 aromatic heterocycles. The Bertz CT molecular complexity index is 360. The van der Waals surface area contributed by atoms with E-state index in [1.54, 1.807) is 0 Å². The van der Waals surface area contributed by atoms with E-state index >= 15 is 0 Å². The number of nitrogens with one attached hydrogen (secondary N) is 1. The summed E-state index contributed by atoms with van der Waals surface area (Å²) in [4.78, 5) is 0. The first-order chi connectivity index (χ1) is 8.20. The van der Waals surface area contributed by atoms with Crippen LogP contribution in [-0.4, -0.2) is 6.54 Å². The highest BCUT2D eigenvalue weighted by Crippen LogP contribution is 2.27. The third kappa shape index (κ3) is 4.29. The molecule has 0 saturated heterocycles. The summed E-state index contributed by atoms with van der Waals surface area (Å²) in [5, 5.41) is 3.62. The van der Waals surface area contributed by atoms with Gasteiger partial charge in [0.2, 0.25) is 0 Å². The van der Waals surface area contributed by atoms with Gasteiger partial charge in [0.25, 0.3) is 0 Å². The first-order valence-corrected chi connectivity index (χ1v) is 7.09. The maximum atomic E-state index is 3.81. The van der Waals surface area contributed by atoms with Crippen LogP contribution in [-0.2, 0) is 0 Å².